The minimum Gasteiger partial charge on any atom is -0.377 e. The zero-order valence-electron chi connectivity index (χ0n) is 18.0. The van der Waals surface area contributed by atoms with Crippen molar-refractivity contribution >= 4 is 43.4 Å². The molecule has 0 saturated heterocycles. The maximum absolute atomic E-state index is 12.5. The van der Waals surface area contributed by atoms with Gasteiger partial charge >= 0.3 is 20.2 Å². The van der Waals surface area contributed by atoms with Gasteiger partial charge in [-0.3, -0.25) is 0 Å². The molecule has 35 heavy (non-hydrogen) atoms. The van der Waals surface area contributed by atoms with Crippen LogP contribution in [0, 0.1) is 0 Å². The van der Waals surface area contributed by atoms with Crippen LogP contribution in [0.5, 0.6) is 11.5 Å². The van der Waals surface area contributed by atoms with Crippen molar-refractivity contribution in [3.63, 3.8) is 0 Å². The first-order valence-corrected chi connectivity index (χ1v) is 13.8. The number of benzene rings is 4. The van der Waals surface area contributed by atoms with E-state index in [0.29, 0.717) is 6.42 Å². The molecule has 0 aliphatic carbocycles. The molecule has 0 aliphatic heterocycles. The van der Waals surface area contributed by atoms with Crippen molar-refractivity contribution in [3.8, 4) is 11.5 Å². The highest BCUT2D eigenvalue weighted by molar-refractivity contribution is 7.87. The Hall–Kier alpha value is -3.04. The quantitative estimate of drug-likeness (QED) is 0.246. The Balaban J connectivity index is 1.44. The van der Waals surface area contributed by atoms with Crippen LogP contribution in [-0.2, 0) is 26.7 Å². The van der Waals surface area contributed by atoms with Crippen LogP contribution in [0.2, 0.25) is 10.0 Å². The molecule has 4 rings (SSSR count). The molecule has 0 aliphatic rings. The fourth-order valence-corrected chi connectivity index (χ4v) is 5.48. The molecular weight excluding hydrogens is 531 g/mol. The molecule has 0 bridgehead atoms. The van der Waals surface area contributed by atoms with Crippen LogP contribution in [0.15, 0.2) is 107 Å². The van der Waals surface area contributed by atoms with Gasteiger partial charge in [0.1, 0.15) is 9.79 Å². The largest absolute Gasteiger partial charge is 0.377 e. The molecule has 0 radical (unpaired) electrons. The van der Waals surface area contributed by atoms with E-state index in [1.165, 1.54) is 48.5 Å². The second-order valence-electron chi connectivity index (χ2n) is 7.40. The summed E-state index contributed by atoms with van der Waals surface area (Å²) in [5, 5.41) is 0.380. The first kappa shape index (κ1) is 25.1. The fraction of sp³-hybridized carbons (Fsp3) is 0.0400. The lowest BCUT2D eigenvalue weighted by atomic mass is 10.1. The van der Waals surface area contributed by atoms with E-state index in [1.807, 2.05) is 0 Å². The molecule has 0 aromatic heterocycles. The van der Waals surface area contributed by atoms with E-state index < -0.39 is 20.2 Å². The number of hydrogen-bond donors (Lipinski definition) is 0. The highest BCUT2D eigenvalue weighted by Crippen LogP contribution is 2.28. The van der Waals surface area contributed by atoms with Gasteiger partial charge in [-0.2, -0.15) is 16.8 Å². The van der Waals surface area contributed by atoms with E-state index in [0.717, 1.165) is 11.1 Å². The van der Waals surface area contributed by atoms with E-state index in [9.17, 15) is 16.8 Å². The predicted molar refractivity (Wildman–Crippen MR) is 134 cm³/mol. The van der Waals surface area contributed by atoms with Crippen molar-refractivity contribution in [2.24, 2.45) is 0 Å². The Morgan fingerprint density at radius 1 is 0.514 bits per heavy atom. The van der Waals surface area contributed by atoms with E-state index >= 15 is 0 Å². The molecule has 0 fully saturated rings. The maximum atomic E-state index is 12.5. The van der Waals surface area contributed by atoms with Gasteiger partial charge < -0.3 is 8.37 Å². The lowest BCUT2D eigenvalue weighted by molar-refractivity contribution is 0.484. The van der Waals surface area contributed by atoms with Gasteiger partial charge in [0.15, 0.2) is 11.5 Å². The van der Waals surface area contributed by atoms with Crippen molar-refractivity contribution in [2.75, 3.05) is 0 Å². The van der Waals surface area contributed by atoms with Crippen LogP contribution in [-0.4, -0.2) is 16.8 Å². The molecule has 0 heterocycles. The standard InChI is InChI=1S/C25H18Cl2O6S2/c26-22-5-1-3-7-24(22)32-34(28,29)20-13-9-18(10-14-20)17-19-11-15-21(16-12-19)35(30,31)33-25-8-4-2-6-23(25)27/h1-16H,17H2. The summed E-state index contributed by atoms with van der Waals surface area (Å²) >= 11 is 12.0. The molecule has 180 valence electrons. The Morgan fingerprint density at radius 3 is 1.20 bits per heavy atom. The zero-order valence-corrected chi connectivity index (χ0v) is 21.1. The number of halogens is 2. The van der Waals surface area contributed by atoms with E-state index in [-0.39, 0.29) is 31.3 Å². The van der Waals surface area contributed by atoms with Crippen molar-refractivity contribution in [2.45, 2.75) is 16.2 Å². The highest BCUT2D eigenvalue weighted by atomic mass is 35.5. The van der Waals surface area contributed by atoms with Crippen LogP contribution in [0.25, 0.3) is 0 Å². The van der Waals surface area contributed by atoms with Crippen molar-refractivity contribution in [1.29, 1.82) is 0 Å². The van der Waals surface area contributed by atoms with Crippen molar-refractivity contribution < 1.29 is 25.2 Å². The summed E-state index contributed by atoms with van der Waals surface area (Å²) in [6.45, 7) is 0. The summed E-state index contributed by atoms with van der Waals surface area (Å²) in [6, 6.07) is 25.0. The van der Waals surface area contributed by atoms with Gasteiger partial charge in [0, 0.05) is 0 Å². The topological polar surface area (TPSA) is 86.7 Å². The summed E-state index contributed by atoms with van der Waals surface area (Å²) in [6.07, 6.45) is 0.456. The molecule has 0 atom stereocenters. The van der Waals surface area contributed by atoms with Gasteiger partial charge in [-0.1, -0.05) is 71.7 Å². The summed E-state index contributed by atoms with van der Waals surface area (Å²) in [5.41, 5.74) is 1.65. The smallest absolute Gasteiger partial charge is 0.339 e. The van der Waals surface area contributed by atoms with Gasteiger partial charge in [-0.05, 0) is 66.1 Å². The number of rotatable bonds is 8. The first-order chi connectivity index (χ1) is 16.6. The van der Waals surface area contributed by atoms with E-state index in [4.69, 9.17) is 31.6 Å². The van der Waals surface area contributed by atoms with Crippen LogP contribution in [0.4, 0.5) is 0 Å². The molecule has 6 nitrogen and oxygen atoms in total. The molecule has 4 aromatic carbocycles. The molecule has 0 amide bonds. The van der Waals surface area contributed by atoms with Gasteiger partial charge in [0.05, 0.1) is 10.0 Å². The minimum absolute atomic E-state index is 0.0145. The summed E-state index contributed by atoms with van der Waals surface area (Å²) in [5.74, 6) is 0.0959. The SMILES string of the molecule is O=S(=O)(Oc1ccccc1Cl)c1ccc(Cc2ccc(S(=O)(=O)Oc3ccccc3Cl)cc2)cc1. The van der Waals surface area contributed by atoms with Gasteiger partial charge in [-0.15, -0.1) is 0 Å². The average molecular weight is 549 g/mol. The lowest BCUT2D eigenvalue weighted by Crippen LogP contribution is -2.10. The molecule has 0 unspecified atom stereocenters. The van der Waals surface area contributed by atoms with Crippen LogP contribution >= 0.6 is 23.2 Å². The third-order valence-electron chi connectivity index (χ3n) is 4.90. The average Bonchev–Trinajstić information content (AvgIpc) is 2.83. The van der Waals surface area contributed by atoms with E-state index in [2.05, 4.69) is 0 Å². The second kappa shape index (κ2) is 10.3. The lowest BCUT2D eigenvalue weighted by Gasteiger charge is -2.10. The normalized spacial score (nSPS) is 11.7. The molecule has 0 spiro atoms. The first-order valence-electron chi connectivity index (χ1n) is 10.2. The third-order valence-corrected chi connectivity index (χ3v) is 8.03. The molecule has 0 N–H and O–H groups in total. The summed E-state index contributed by atoms with van der Waals surface area (Å²) in [4.78, 5) is -0.0290. The monoisotopic (exact) mass is 548 g/mol. The van der Waals surface area contributed by atoms with Gasteiger partial charge in [-0.25, -0.2) is 0 Å². The third kappa shape index (κ3) is 6.15. The Kier molecular flexibility index (Phi) is 7.37. The van der Waals surface area contributed by atoms with Crippen LogP contribution < -0.4 is 8.37 Å². The molecule has 10 heteroatoms. The van der Waals surface area contributed by atoms with Crippen LogP contribution in [0.3, 0.4) is 0 Å². The van der Waals surface area contributed by atoms with Crippen molar-refractivity contribution in [3.05, 3.63) is 118 Å². The van der Waals surface area contributed by atoms with Crippen molar-refractivity contribution in [1.82, 2.24) is 0 Å². The number of hydrogen-bond acceptors (Lipinski definition) is 6. The molecule has 4 aromatic rings. The summed E-state index contributed by atoms with van der Waals surface area (Å²) in [7, 11) is -8.10. The minimum atomic E-state index is -4.05. The Bertz CT molecular complexity index is 1430. The Morgan fingerprint density at radius 2 is 0.857 bits per heavy atom. The number of para-hydroxylation sites is 2. The predicted octanol–water partition coefficient (Wildman–Crippen LogP) is 6.12. The van der Waals surface area contributed by atoms with E-state index in [1.54, 1.807) is 48.5 Å². The van der Waals surface area contributed by atoms with Crippen LogP contribution in [0.1, 0.15) is 11.1 Å². The van der Waals surface area contributed by atoms with Gasteiger partial charge in [0.25, 0.3) is 0 Å². The molecular formula is C25H18Cl2O6S2. The van der Waals surface area contributed by atoms with Gasteiger partial charge in [0.2, 0.25) is 0 Å². The zero-order chi connectivity index (χ0) is 25.1. The summed E-state index contributed by atoms with van der Waals surface area (Å²) < 4.78 is 60.5. The molecule has 0 saturated carbocycles. The maximum Gasteiger partial charge on any atom is 0.339 e. The fourth-order valence-electron chi connectivity index (χ4n) is 3.14. The Labute approximate surface area is 213 Å². The highest BCUT2D eigenvalue weighted by Gasteiger charge is 2.19. The second-order valence-corrected chi connectivity index (χ2v) is 11.3.